The SMILES string of the molecule is CN1C(=O)C(CCCCN)NC(=O)C(CCCN)NCc2cccnc2Sc2c(Cl)ccc(Br)c2CNC(=O)C1Cc1c[nH]c2ccccc12. The Bertz CT molecular complexity index is 1810. The Morgan fingerprint density at radius 2 is 1.74 bits per heavy atom. The number of rotatable bonds is 9. The Balaban J connectivity index is 1.58. The third-order valence-electron chi connectivity index (χ3n) is 8.96. The molecule has 4 aromatic rings. The molecule has 50 heavy (non-hydrogen) atoms. The van der Waals surface area contributed by atoms with Gasteiger partial charge in [0.2, 0.25) is 17.7 Å². The molecule has 0 spiro atoms. The van der Waals surface area contributed by atoms with Crippen LogP contribution in [0.1, 0.15) is 48.8 Å². The minimum atomic E-state index is -0.895. The van der Waals surface area contributed by atoms with Crippen LogP contribution in [0.4, 0.5) is 0 Å². The molecule has 0 saturated carbocycles. The van der Waals surface area contributed by atoms with Crippen LogP contribution < -0.4 is 27.4 Å². The second kappa shape index (κ2) is 18.2. The van der Waals surface area contributed by atoms with E-state index in [0.717, 1.165) is 37.0 Å². The fourth-order valence-corrected chi connectivity index (χ4v) is 8.05. The summed E-state index contributed by atoms with van der Waals surface area (Å²) in [5, 5.41) is 11.7. The number of likely N-dealkylation sites (N-methyl/N-ethyl adjacent to an activating group) is 1. The molecule has 3 heterocycles. The van der Waals surface area contributed by atoms with Gasteiger partial charge < -0.3 is 37.3 Å². The number of carbonyl (C=O) groups is 3. The molecule has 0 aliphatic carbocycles. The predicted molar refractivity (Wildman–Crippen MR) is 202 cm³/mol. The Morgan fingerprint density at radius 1 is 0.960 bits per heavy atom. The fraction of sp³-hybridized carbons (Fsp3) is 0.389. The highest BCUT2D eigenvalue weighted by Gasteiger charge is 2.34. The number of para-hydroxylation sites is 1. The number of amides is 3. The summed E-state index contributed by atoms with van der Waals surface area (Å²) in [6.07, 6.45) is 6.60. The fourth-order valence-electron chi connectivity index (χ4n) is 6.11. The number of fused-ring (bicyclic) bond motifs is 3. The number of benzene rings is 2. The normalized spacial score (nSPS) is 19.4. The lowest BCUT2D eigenvalue weighted by molar-refractivity contribution is -0.142. The van der Waals surface area contributed by atoms with Crippen LogP contribution in [0.15, 0.2) is 75.3 Å². The van der Waals surface area contributed by atoms with Gasteiger partial charge in [0.15, 0.2) is 0 Å². The van der Waals surface area contributed by atoms with Crippen LogP contribution in [-0.4, -0.2) is 70.9 Å². The first-order valence-electron chi connectivity index (χ1n) is 16.8. The number of unbranched alkanes of at least 4 members (excludes halogenated alkanes) is 1. The first-order valence-corrected chi connectivity index (χ1v) is 18.8. The van der Waals surface area contributed by atoms with Crippen molar-refractivity contribution in [2.45, 2.75) is 79.7 Å². The lowest BCUT2D eigenvalue weighted by atomic mass is 10.0. The van der Waals surface area contributed by atoms with Crippen LogP contribution in [0, 0.1) is 0 Å². The van der Waals surface area contributed by atoms with Gasteiger partial charge in [-0.1, -0.05) is 63.6 Å². The van der Waals surface area contributed by atoms with Crippen LogP contribution in [0.3, 0.4) is 0 Å². The highest BCUT2D eigenvalue weighted by molar-refractivity contribution is 9.10. The van der Waals surface area contributed by atoms with Gasteiger partial charge >= 0.3 is 0 Å². The summed E-state index contributed by atoms with van der Waals surface area (Å²) < 4.78 is 0.771. The van der Waals surface area contributed by atoms with Crippen LogP contribution in [-0.2, 0) is 33.9 Å². The molecule has 5 rings (SSSR count). The van der Waals surface area contributed by atoms with Crippen LogP contribution >= 0.6 is 39.3 Å². The van der Waals surface area contributed by atoms with Crippen molar-refractivity contribution >= 4 is 67.9 Å². The summed E-state index contributed by atoms with van der Waals surface area (Å²) in [4.78, 5) is 52.7. The van der Waals surface area contributed by atoms with Gasteiger partial charge in [-0.15, -0.1) is 0 Å². The molecule has 14 heteroatoms. The van der Waals surface area contributed by atoms with Gasteiger partial charge in [0.25, 0.3) is 0 Å². The second-order valence-corrected chi connectivity index (χ2v) is 14.6. The van der Waals surface area contributed by atoms with E-state index in [1.165, 1.54) is 16.7 Å². The van der Waals surface area contributed by atoms with E-state index < -0.39 is 18.1 Å². The Morgan fingerprint density at radius 3 is 2.54 bits per heavy atom. The van der Waals surface area contributed by atoms with Gasteiger partial charge in [0.1, 0.15) is 17.1 Å². The molecule has 11 nitrogen and oxygen atoms in total. The summed E-state index contributed by atoms with van der Waals surface area (Å²) in [6, 6.07) is 12.9. The standard InChI is InChI=1S/C36H44BrClN8O3S/c1-46-31(18-23-20-42-28-10-3-2-9-24(23)28)34(48)44-21-25-26(37)13-14-27(38)32(25)50-35-22(8-7-17-41-35)19-43-29(12-6-16-40)33(47)45-30(36(46)49)11-4-5-15-39/h2-3,7-10,13-14,17,20,29-31,42-43H,4-6,11-12,15-16,18-19,21,39-40H2,1H3,(H,44,48)(H,45,47). The summed E-state index contributed by atoms with van der Waals surface area (Å²) in [5.41, 5.74) is 15.1. The Hall–Kier alpha value is -3.46. The average Bonchev–Trinajstić information content (AvgIpc) is 3.53. The number of nitrogens with one attached hydrogen (secondary N) is 4. The number of hydrogen-bond donors (Lipinski definition) is 6. The van der Waals surface area contributed by atoms with E-state index in [9.17, 15) is 14.4 Å². The molecule has 2 aromatic carbocycles. The van der Waals surface area contributed by atoms with Gasteiger partial charge in [0.05, 0.1) is 11.1 Å². The van der Waals surface area contributed by atoms with Crippen molar-refractivity contribution in [2.75, 3.05) is 20.1 Å². The first-order chi connectivity index (χ1) is 24.2. The molecule has 0 saturated heterocycles. The second-order valence-electron chi connectivity index (χ2n) is 12.4. The molecule has 0 fully saturated rings. The largest absolute Gasteiger partial charge is 0.361 e. The smallest absolute Gasteiger partial charge is 0.245 e. The predicted octanol–water partition coefficient (Wildman–Crippen LogP) is 4.64. The topological polar surface area (TPSA) is 171 Å². The van der Waals surface area contributed by atoms with E-state index in [2.05, 4.69) is 41.8 Å². The molecular weight excluding hydrogens is 740 g/mol. The molecule has 1 aliphatic heterocycles. The number of nitrogens with zero attached hydrogens (tertiary/aromatic N) is 2. The lowest BCUT2D eigenvalue weighted by Crippen LogP contribution is -2.57. The number of aromatic nitrogens is 2. The van der Waals surface area contributed by atoms with Crippen molar-refractivity contribution < 1.29 is 14.4 Å². The monoisotopic (exact) mass is 782 g/mol. The Labute approximate surface area is 310 Å². The van der Waals surface area contributed by atoms with E-state index in [1.54, 1.807) is 19.3 Å². The zero-order valence-electron chi connectivity index (χ0n) is 28.0. The molecule has 3 unspecified atom stereocenters. The average molecular weight is 784 g/mol. The molecule has 2 aromatic heterocycles. The number of hydrogen-bond acceptors (Lipinski definition) is 8. The van der Waals surface area contributed by atoms with Gasteiger partial charge in [-0.3, -0.25) is 14.4 Å². The zero-order chi connectivity index (χ0) is 35.6. The van der Waals surface area contributed by atoms with Crippen LogP contribution in [0.2, 0.25) is 5.02 Å². The quantitative estimate of drug-likeness (QED) is 0.133. The first kappa shape index (κ1) is 37.8. The number of halogens is 2. The minimum absolute atomic E-state index is 0.146. The van der Waals surface area contributed by atoms with E-state index in [1.807, 2.05) is 48.7 Å². The van der Waals surface area contributed by atoms with E-state index in [0.29, 0.717) is 61.8 Å². The number of nitrogens with two attached hydrogens (primary N) is 2. The van der Waals surface area contributed by atoms with Crippen LogP contribution in [0.25, 0.3) is 10.9 Å². The summed E-state index contributed by atoms with van der Waals surface area (Å²) in [6.45, 7) is 1.36. The summed E-state index contributed by atoms with van der Waals surface area (Å²) in [7, 11) is 1.63. The highest BCUT2D eigenvalue weighted by atomic mass is 79.9. The molecule has 0 bridgehead atoms. The van der Waals surface area contributed by atoms with Gasteiger partial charge in [-0.2, -0.15) is 0 Å². The minimum Gasteiger partial charge on any atom is -0.361 e. The maximum atomic E-state index is 14.4. The maximum absolute atomic E-state index is 14.4. The van der Waals surface area contributed by atoms with Crippen molar-refractivity contribution in [1.82, 2.24) is 30.8 Å². The van der Waals surface area contributed by atoms with Crippen molar-refractivity contribution in [3.05, 3.63) is 87.1 Å². The zero-order valence-corrected chi connectivity index (χ0v) is 31.2. The number of H-pyrrole nitrogens is 1. The van der Waals surface area contributed by atoms with Gasteiger partial charge in [-0.25, -0.2) is 4.98 Å². The third-order valence-corrected chi connectivity index (χ3v) is 11.4. The summed E-state index contributed by atoms with van der Waals surface area (Å²) in [5.74, 6) is -1.01. The lowest BCUT2D eigenvalue weighted by Gasteiger charge is -2.32. The van der Waals surface area contributed by atoms with E-state index in [-0.39, 0.29) is 30.7 Å². The van der Waals surface area contributed by atoms with E-state index in [4.69, 9.17) is 23.1 Å². The number of pyridine rings is 1. The summed E-state index contributed by atoms with van der Waals surface area (Å²) >= 11 is 11.9. The van der Waals surface area contributed by atoms with Crippen molar-refractivity contribution in [2.24, 2.45) is 11.5 Å². The molecule has 8 N–H and O–H groups in total. The molecule has 266 valence electrons. The molecule has 3 amide bonds. The molecule has 1 aliphatic rings. The highest BCUT2D eigenvalue weighted by Crippen LogP contribution is 2.39. The van der Waals surface area contributed by atoms with E-state index >= 15 is 0 Å². The maximum Gasteiger partial charge on any atom is 0.245 e. The van der Waals surface area contributed by atoms with Crippen molar-refractivity contribution in [3.8, 4) is 0 Å². The molecular formula is C36H44BrClN8O3S. The van der Waals surface area contributed by atoms with Crippen LogP contribution in [0.5, 0.6) is 0 Å². The molecule has 3 atom stereocenters. The molecule has 0 radical (unpaired) electrons. The van der Waals surface area contributed by atoms with Gasteiger partial charge in [0, 0.05) is 64.8 Å². The van der Waals surface area contributed by atoms with Crippen molar-refractivity contribution in [3.63, 3.8) is 0 Å². The number of carbonyl (C=O) groups excluding carboxylic acids is 3. The Kier molecular flexibility index (Phi) is 13.7. The third kappa shape index (κ3) is 9.25. The van der Waals surface area contributed by atoms with Crippen molar-refractivity contribution in [1.29, 1.82) is 0 Å². The van der Waals surface area contributed by atoms with Gasteiger partial charge in [-0.05, 0) is 80.6 Å². The number of aromatic amines is 1.